The van der Waals surface area contributed by atoms with E-state index in [-0.39, 0.29) is 0 Å². The summed E-state index contributed by atoms with van der Waals surface area (Å²) in [7, 11) is 0. The molecule has 0 heterocycles. The molecule has 0 aliphatic heterocycles. The standard InChI is InChI=1S/C13H16O3/c1-2-6-11(13(14)15)9-10-16-12-7-4-3-5-8-12/h2-5,7-8,11H,1,6,9-10H2,(H,14,15). The molecule has 16 heavy (non-hydrogen) atoms. The van der Waals surface area contributed by atoms with Gasteiger partial charge in [-0.25, -0.2) is 0 Å². The quantitative estimate of drug-likeness (QED) is 0.719. The van der Waals surface area contributed by atoms with Gasteiger partial charge in [-0.2, -0.15) is 0 Å². The third-order valence-electron chi connectivity index (χ3n) is 2.28. The van der Waals surface area contributed by atoms with Crippen molar-refractivity contribution in [3.63, 3.8) is 0 Å². The predicted octanol–water partition coefficient (Wildman–Crippen LogP) is 2.73. The number of hydrogen-bond acceptors (Lipinski definition) is 2. The topological polar surface area (TPSA) is 46.5 Å². The van der Waals surface area contributed by atoms with Crippen molar-refractivity contribution < 1.29 is 14.6 Å². The van der Waals surface area contributed by atoms with Crippen molar-refractivity contribution in [2.45, 2.75) is 12.8 Å². The number of rotatable bonds is 7. The van der Waals surface area contributed by atoms with E-state index in [1.807, 2.05) is 30.3 Å². The van der Waals surface area contributed by atoms with Crippen LogP contribution < -0.4 is 4.74 Å². The van der Waals surface area contributed by atoms with Gasteiger partial charge in [-0.1, -0.05) is 24.3 Å². The van der Waals surface area contributed by atoms with E-state index in [4.69, 9.17) is 9.84 Å². The van der Waals surface area contributed by atoms with E-state index in [0.29, 0.717) is 19.4 Å². The Bertz CT molecular complexity index is 332. The number of para-hydroxylation sites is 1. The molecule has 1 aromatic carbocycles. The van der Waals surface area contributed by atoms with Crippen LogP contribution in [0.2, 0.25) is 0 Å². The molecule has 1 unspecified atom stereocenters. The molecular formula is C13H16O3. The average molecular weight is 220 g/mol. The lowest BCUT2D eigenvalue weighted by Gasteiger charge is -2.10. The Labute approximate surface area is 95.4 Å². The van der Waals surface area contributed by atoms with Crippen molar-refractivity contribution in [2.24, 2.45) is 5.92 Å². The summed E-state index contributed by atoms with van der Waals surface area (Å²) in [5, 5.41) is 8.90. The van der Waals surface area contributed by atoms with E-state index >= 15 is 0 Å². The van der Waals surface area contributed by atoms with E-state index in [9.17, 15) is 4.79 Å². The van der Waals surface area contributed by atoms with Crippen LogP contribution in [0.4, 0.5) is 0 Å². The van der Waals surface area contributed by atoms with Gasteiger partial charge < -0.3 is 9.84 Å². The van der Waals surface area contributed by atoms with Gasteiger partial charge in [0.05, 0.1) is 12.5 Å². The molecule has 0 saturated heterocycles. The minimum atomic E-state index is -0.795. The lowest BCUT2D eigenvalue weighted by atomic mass is 10.0. The summed E-state index contributed by atoms with van der Waals surface area (Å²) in [6.07, 6.45) is 2.60. The van der Waals surface area contributed by atoms with E-state index in [0.717, 1.165) is 5.75 Å². The number of hydrogen-bond donors (Lipinski definition) is 1. The summed E-state index contributed by atoms with van der Waals surface area (Å²) >= 11 is 0. The van der Waals surface area contributed by atoms with Crippen LogP contribution in [0.1, 0.15) is 12.8 Å². The van der Waals surface area contributed by atoms with Crippen molar-refractivity contribution >= 4 is 5.97 Å². The van der Waals surface area contributed by atoms with Crippen LogP contribution in [-0.4, -0.2) is 17.7 Å². The summed E-state index contributed by atoms with van der Waals surface area (Å²) in [6, 6.07) is 9.37. The number of carbonyl (C=O) groups is 1. The number of allylic oxidation sites excluding steroid dienone is 1. The molecule has 0 aromatic heterocycles. The van der Waals surface area contributed by atoms with Crippen molar-refractivity contribution in [1.29, 1.82) is 0 Å². The zero-order valence-electron chi connectivity index (χ0n) is 9.13. The van der Waals surface area contributed by atoms with Gasteiger partial charge in [0.25, 0.3) is 0 Å². The summed E-state index contributed by atoms with van der Waals surface area (Å²) in [5.41, 5.74) is 0. The molecule has 1 atom stereocenters. The molecule has 0 saturated carbocycles. The van der Waals surface area contributed by atoms with Crippen molar-refractivity contribution in [2.75, 3.05) is 6.61 Å². The number of carboxylic acids is 1. The molecule has 3 heteroatoms. The van der Waals surface area contributed by atoms with Crippen molar-refractivity contribution in [3.8, 4) is 5.75 Å². The zero-order chi connectivity index (χ0) is 11.8. The Balaban J connectivity index is 2.33. The van der Waals surface area contributed by atoms with E-state index in [1.54, 1.807) is 6.08 Å². The molecule has 3 nitrogen and oxygen atoms in total. The molecular weight excluding hydrogens is 204 g/mol. The number of aliphatic carboxylic acids is 1. The largest absolute Gasteiger partial charge is 0.494 e. The van der Waals surface area contributed by atoms with E-state index in [1.165, 1.54) is 0 Å². The van der Waals surface area contributed by atoms with E-state index in [2.05, 4.69) is 6.58 Å². The van der Waals surface area contributed by atoms with Crippen LogP contribution in [0, 0.1) is 5.92 Å². The second-order valence-corrected chi connectivity index (χ2v) is 3.51. The maximum atomic E-state index is 10.8. The Morgan fingerprint density at radius 1 is 1.44 bits per heavy atom. The maximum Gasteiger partial charge on any atom is 0.306 e. The van der Waals surface area contributed by atoms with Crippen LogP contribution >= 0.6 is 0 Å². The lowest BCUT2D eigenvalue weighted by Crippen LogP contribution is -2.16. The minimum absolute atomic E-state index is 0.402. The smallest absolute Gasteiger partial charge is 0.306 e. The highest BCUT2D eigenvalue weighted by molar-refractivity contribution is 5.70. The molecule has 1 N–H and O–H groups in total. The van der Waals surface area contributed by atoms with Gasteiger partial charge in [-0.15, -0.1) is 6.58 Å². The van der Waals surface area contributed by atoms with Crippen molar-refractivity contribution in [3.05, 3.63) is 43.0 Å². The van der Waals surface area contributed by atoms with Crippen molar-refractivity contribution in [1.82, 2.24) is 0 Å². The molecule has 0 amide bonds. The van der Waals surface area contributed by atoms with Gasteiger partial charge in [0.15, 0.2) is 0 Å². The van der Waals surface area contributed by atoms with Gasteiger partial charge in [0.1, 0.15) is 5.75 Å². The molecule has 0 aliphatic rings. The van der Waals surface area contributed by atoms with Gasteiger partial charge in [0.2, 0.25) is 0 Å². The highest BCUT2D eigenvalue weighted by Gasteiger charge is 2.15. The van der Waals surface area contributed by atoms with Gasteiger partial charge in [-0.3, -0.25) is 4.79 Å². The maximum absolute atomic E-state index is 10.8. The summed E-state index contributed by atoms with van der Waals surface area (Å²) in [5.74, 6) is -0.428. The van der Waals surface area contributed by atoms with Gasteiger partial charge >= 0.3 is 5.97 Å². The van der Waals surface area contributed by atoms with Crippen LogP contribution in [-0.2, 0) is 4.79 Å². The summed E-state index contributed by atoms with van der Waals surface area (Å²) < 4.78 is 5.44. The monoisotopic (exact) mass is 220 g/mol. The predicted molar refractivity (Wildman–Crippen MR) is 62.5 cm³/mol. The first-order valence-corrected chi connectivity index (χ1v) is 5.25. The Morgan fingerprint density at radius 3 is 2.69 bits per heavy atom. The Morgan fingerprint density at radius 2 is 2.12 bits per heavy atom. The summed E-state index contributed by atoms with van der Waals surface area (Å²) in [4.78, 5) is 10.8. The molecule has 1 rings (SSSR count). The van der Waals surface area contributed by atoms with Gasteiger partial charge in [0, 0.05) is 0 Å². The minimum Gasteiger partial charge on any atom is -0.494 e. The molecule has 1 aromatic rings. The Hall–Kier alpha value is -1.77. The normalized spacial score (nSPS) is 11.8. The van der Waals surface area contributed by atoms with Crippen LogP contribution in [0.5, 0.6) is 5.75 Å². The lowest BCUT2D eigenvalue weighted by molar-refractivity contribution is -0.142. The average Bonchev–Trinajstić information content (AvgIpc) is 2.29. The SMILES string of the molecule is C=CCC(CCOc1ccccc1)C(=O)O. The number of carboxylic acid groups (broad SMARTS) is 1. The molecule has 0 fully saturated rings. The fraction of sp³-hybridized carbons (Fsp3) is 0.308. The molecule has 0 bridgehead atoms. The second-order valence-electron chi connectivity index (χ2n) is 3.51. The van der Waals surface area contributed by atoms with Crippen LogP contribution in [0.3, 0.4) is 0 Å². The fourth-order valence-electron chi connectivity index (χ4n) is 1.38. The van der Waals surface area contributed by atoms with Crippen LogP contribution in [0.15, 0.2) is 43.0 Å². The third-order valence-corrected chi connectivity index (χ3v) is 2.28. The van der Waals surface area contributed by atoms with Crippen LogP contribution in [0.25, 0.3) is 0 Å². The molecule has 0 aliphatic carbocycles. The summed E-state index contributed by atoms with van der Waals surface area (Å²) in [6.45, 7) is 3.96. The fourth-order valence-corrected chi connectivity index (χ4v) is 1.38. The number of ether oxygens (including phenoxy) is 1. The zero-order valence-corrected chi connectivity index (χ0v) is 9.13. The number of benzene rings is 1. The van der Waals surface area contributed by atoms with Gasteiger partial charge in [-0.05, 0) is 25.0 Å². The molecule has 86 valence electrons. The van der Waals surface area contributed by atoms with E-state index < -0.39 is 11.9 Å². The first-order chi connectivity index (χ1) is 7.74. The first kappa shape index (κ1) is 12.3. The Kier molecular flexibility index (Phi) is 5.12. The highest BCUT2D eigenvalue weighted by atomic mass is 16.5. The second kappa shape index (κ2) is 6.67. The first-order valence-electron chi connectivity index (χ1n) is 5.25. The highest BCUT2D eigenvalue weighted by Crippen LogP contribution is 2.13. The third kappa shape index (κ3) is 4.17. The molecule has 0 spiro atoms. The molecule has 0 radical (unpaired) electrons.